The summed E-state index contributed by atoms with van der Waals surface area (Å²) in [5.41, 5.74) is -0.861. The minimum Gasteiger partial charge on any atom is -0.396 e. The van der Waals surface area contributed by atoms with Crippen molar-refractivity contribution in [2.45, 2.75) is 12.8 Å². The Labute approximate surface area is 76.8 Å². The van der Waals surface area contributed by atoms with Gasteiger partial charge in [0, 0.05) is 20.1 Å². The lowest BCUT2D eigenvalue weighted by atomic mass is 9.83. The Morgan fingerprint density at radius 2 is 2.31 bits per heavy atom. The molecule has 0 bridgehead atoms. The molecule has 72 valence electrons. The Hall–Kier alpha value is -1.16. The lowest BCUT2D eigenvalue weighted by molar-refractivity contribution is -0.139. The first-order chi connectivity index (χ1) is 6.07. The molecule has 4 heteroatoms. The number of aliphatic hydroxyl groups excluding tert-OH is 1. The summed E-state index contributed by atoms with van der Waals surface area (Å²) in [4.78, 5) is 23.9. The van der Waals surface area contributed by atoms with Crippen LogP contribution in [0.15, 0.2) is 12.7 Å². The average molecular weight is 183 g/mol. The Balaban J connectivity index is 2.96. The van der Waals surface area contributed by atoms with Gasteiger partial charge in [-0.05, 0) is 6.42 Å². The molecule has 2 amide bonds. The van der Waals surface area contributed by atoms with E-state index in [1.807, 2.05) is 0 Å². The summed E-state index contributed by atoms with van der Waals surface area (Å²) in [7, 11) is 1.45. The molecule has 1 heterocycles. The second kappa shape index (κ2) is 3.30. The third-order valence-corrected chi connectivity index (χ3v) is 2.52. The summed E-state index contributed by atoms with van der Waals surface area (Å²) in [6.45, 7) is 3.43. The summed E-state index contributed by atoms with van der Waals surface area (Å²) < 4.78 is 0. The number of aliphatic hydroxyl groups is 1. The van der Waals surface area contributed by atoms with Crippen molar-refractivity contribution in [3.8, 4) is 0 Å². The van der Waals surface area contributed by atoms with Gasteiger partial charge in [-0.3, -0.25) is 14.5 Å². The van der Waals surface area contributed by atoms with Gasteiger partial charge in [-0.2, -0.15) is 0 Å². The zero-order valence-corrected chi connectivity index (χ0v) is 7.62. The molecule has 13 heavy (non-hydrogen) atoms. The lowest BCUT2D eigenvalue weighted by Crippen LogP contribution is -2.32. The van der Waals surface area contributed by atoms with Gasteiger partial charge in [0.1, 0.15) is 0 Å². The quantitative estimate of drug-likeness (QED) is 0.492. The van der Waals surface area contributed by atoms with E-state index in [-0.39, 0.29) is 31.3 Å². The average Bonchev–Trinajstić information content (AvgIpc) is 2.32. The molecule has 1 aliphatic rings. The van der Waals surface area contributed by atoms with E-state index in [0.717, 1.165) is 4.90 Å². The largest absolute Gasteiger partial charge is 0.396 e. The first-order valence-electron chi connectivity index (χ1n) is 4.13. The van der Waals surface area contributed by atoms with Crippen molar-refractivity contribution in [2.75, 3.05) is 13.7 Å². The molecule has 1 rings (SSSR count). The van der Waals surface area contributed by atoms with E-state index in [2.05, 4.69) is 6.58 Å². The Bertz CT molecular complexity index is 262. The molecule has 1 N–H and O–H groups in total. The third kappa shape index (κ3) is 1.37. The number of hydrogen-bond donors (Lipinski definition) is 1. The zero-order valence-electron chi connectivity index (χ0n) is 7.62. The number of nitrogens with zero attached hydrogens (tertiary/aromatic N) is 1. The van der Waals surface area contributed by atoms with Gasteiger partial charge in [-0.15, -0.1) is 6.58 Å². The maximum Gasteiger partial charge on any atom is 0.239 e. The van der Waals surface area contributed by atoms with E-state index in [9.17, 15) is 9.59 Å². The van der Waals surface area contributed by atoms with Crippen LogP contribution in [0.5, 0.6) is 0 Å². The number of hydrogen-bond acceptors (Lipinski definition) is 3. The highest BCUT2D eigenvalue weighted by Crippen LogP contribution is 2.36. The molecule has 1 fully saturated rings. The molecular weight excluding hydrogens is 170 g/mol. The molecule has 0 saturated carbocycles. The highest BCUT2D eigenvalue weighted by molar-refractivity contribution is 6.06. The fourth-order valence-corrected chi connectivity index (χ4v) is 1.57. The fourth-order valence-electron chi connectivity index (χ4n) is 1.57. The number of imide groups is 1. The number of carbonyl (C=O) groups excluding carboxylic acids is 2. The summed E-state index contributed by atoms with van der Waals surface area (Å²) in [6, 6.07) is 0. The van der Waals surface area contributed by atoms with E-state index in [0.29, 0.717) is 0 Å². The van der Waals surface area contributed by atoms with Gasteiger partial charge >= 0.3 is 0 Å². The number of rotatable bonds is 3. The van der Waals surface area contributed by atoms with E-state index in [1.165, 1.54) is 13.1 Å². The van der Waals surface area contributed by atoms with Crippen molar-refractivity contribution < 1.29 is 14.7 Å². The minimum absolute atomic E-state index is 0.112. The summed E-state index contributed by atoms with van der Waals surface area (Å²) in [5, 5.41) is 8.78. The first-order valence-corrected chi connectivity index (χ1v) is 4.13. The van der Waals surface area contributed by atoms with Crippen LogP contribution in [-0.4, -0.2) is 35.5 Å². The predicted molar refractivity (Wildman–Crippen MR) is 46.7 cm³/mol. The summed E-state index contributed by atoms with van der Waals surface area (Å²) in [5.74, 6) is -0.472. The van der Waals surface area contributed by atoms with E-state index >= 15 is 0 Å². The molecular formula is C9H13NO3. The maximum atomic E-state index is 11.6. The number of amides is 2. The molecule has 0 aliphatic carbocycles. The topological polar surface area (TPSA) is 57.6 Å². The Morgan fingerprint density at radius 3 is 2.62 bits per heavy atom. The fraction of sp³-hybridized carbons (Fsp3) is 0.556. The Kier molecular flexibility index (Phi) is 2.52. The van der Waals surface area contributed by atoms with E-state index in [1.54, 1.807) is 0 Å². The smallest absolute Gasteiger partial charge is 0.239 e. The molecule has 0 aromatic rings. The molecule has 1 atom stereocenters. The van der Waals surface area contributed by atoms with Crippen molar-refractivity contribution in [1.29, 1.82) is 0 Å². The highest BCUT2D eigenvalue weighted by Gasteiger charge is 2.47. The van der Waals surface area contributed by atoms with Crippen molar-refractivity contribution in [3.63, 3.8) is 0 Å². The molecule has 0 spiro atoms. The highest BCUT2D eigenvalue weighted by atomic mass is 16.3. The van der Waals surface area contributed by atoms with Gasteiger partial charge in [0.25, 0.3) is 0 Å². The second-order valence-electron chi connectivity index (χ2n) is 3.27. The minimum atomic E-state index is -0.861. The van der Waals surface area contributed by atoms with Crippen molar-refractivity contribution in [1.82, 2.24) is 4.90 Å². The standard InChI is InChI=1S/C9H13NO3/c1-3-9(4-5-11)6-7(12)10(2)8(9)13/h3,11H,1,4-6H2,2H3. The molecule has 0 aromatic heterocycles. The van der Waals surface area contributed by atoms with Crippen LogP contribution in [0, 0.1) is 5.41 Å². The van der Waals surface area contributed by atoms with Gasteiger partial charge < -0.3 is 5.11 Å². The van der Waals surface area contributed by atoms with Crippen LogP contribution in [0.25, 0.3) is 0 Å². The van der Waals surface area contributed by atoms with Gasteiger partial charge in [0.2, 0.25) is 11.8 Å². The molecule has 1 aliphatic heterocycles. The zero-order chi connectivity index (χ0) is 10.1. The van der Waals surface area contributed by atoms with Crippen LogP contribution in [0.2, 0.25) is 0 Å². The van der Waals surface area contributed by atoms with Crippen LogP contribution in [0.4, 0.5) is 0 Å². The first kappa shape index (κ1) is 9.92. The van der Waals surface area contributed by atoms with Gasteiger partial charge in [-0.25, -0.2) is 0 Å². The summed E-state index contributed by atoms with van der Waals surface area (Å²) in [6.07, 6.45) is 1.87. The van der Waals surface area contributed by atoms with Crippen LogP contribution >= 0.6 is 0 Å². The van der Waals surface area contributed by atoms with Crippen molar-refractivity contribution >= 4 is 11.8 Å². The van der Waals surface area contributed by atoms with E-state index in [4.69, 9.17) is 5.11 Å². The van der Waals surface area contributed by atoms with Crippen LogP contribution in [0.1, 0.15) is 12.8 Å². The van der Waals surface area contributed by atoms with Gasteiger partial charge in [0.15, 0.2) is 0 Å². The molecule has 1 saturated heterocycles. The second-order valence-corrected chi connectivity index (χ2v) is 3.27. The van der Waals surface area contributed by atoms with E-state index < -0.39 is 5.41 Å². The SMILES string of the molecule is C=CC1(CCO)CC(=O)N(C)C1=O. The number of likely N-dealkylation sites (tertiary alicyclic amines) is 1. The van der Waals surface area contributed by atoms with Gasteiger partial charge in [0.05, 0.1) is 5.41 Å². The monoisotopic (exact) mass is 183 g/mol. The third-order valence-electron chi connectivity index (χ3n) is 2.52. The van der Waals surface area contributed by atoms with Crippen molar-refractivity contribution in [3.05, 3.63) is 12.7 Å². The van der Waals surface area contributed by atoms with Crippen LogP contribution < -0.4 is 0 Å². The molecule has 0 aromatic carbocycles. The van der Waals surface area contributed by atoms with Crippen LogP contribution in [0.3, 0.4) is 0 Å². The normalized spacial score (nSPS) is 28.3. The Morgan fingerprint density at radius 1 is 1.69 bits per heavy atom. The maximum absolute atomic E-state index is 11.6. The predicted octanol–water partition coefficient (Wildman–Crippen LogP) is -0.0701. The lowest BCUT2D eigenvalue weighted by Gasteiger charge is -2.20. The molecule has 0 radical (unpaired) electrons. The number of carbonyl (C=O) groups is 2. The summed E-state index contributed by atoms with van der Waals surface area (Å²) >= 11 is 0. The molecule has 4 nitrogen and oxygen atoms in total. The van der Waals surface area contributed by atoms with Crippen molar-refractivity contribution in [2.24, 2.45) is 5.41 Å². The molecule has 1 unspecified atom stereocenters. The van der Waals surface area contributed by atoms with Crippen LogP contribution in [-0.2, 0) is 9.59 Å². The van der Waals surface area contributed by atoms with Gasteiger partial charge in [-0.1, -0.05) is 6.08 Å².